The summed E-state index contributed by atoms with van der Waals surface area (Å²) in [5.41, 5.74) is 4.01. The molecule has 1 aromatic carbocycles. The molecule has 2 rings (SSSR count). The van der Waals surface area contributed by atoms with Crippen LogP contribution in [0.1, 0.15) is 0 Å². The molecule has 98 valence electrons. The van der Waals surface area contributed by atoms with Crippen molar-refractivity contribution in [3.8, 4) is 0 Å². The SMILES string of the molecule is CN1CCN(NC(=S)Nc2ccccc2Cl)CC1. The Kier molecular flexibility index (Phi) is 4.77. The van der Waals surface area contributed by atoms with Crippen LogP contribution in [0.3, 0.4) is 0 Å². The molecule has 1 aliphatic heterocycles. The van der Waals surface area contributed by atoms with E-state index in [2.05, 4.69) is 27.7 Å². The number of nitrogens with one attached hydrogen (secondary N) is 2. The predicted octanol–water partition coefficient (Wildman–Crippen LogP) is 1.79. The fourth-order valence-corrected chi connectivity index (χ4v) is 2.20. The van der Waals surface area contributed by atoms with Crippen LogP contribution in [0.4, 0.5) is 5.69 Å². The first-order valence-electron chi connectivity index (χ1n) is 5.91. The lowest BCUT2D eigenvalue weighted by atomic mass is 10.3. The number of piperazine rings is 1. The zero-order valence-electron chi connectivity index (χ0n) is 10.3. The second kappa shape index (κ2) is 6.33. The lowest BCUT2D eigenvalue weighted by Crippen LogP contribution is -2.53. The molecule has 1 heterocycles. The number of hydrogen-bond acceptors (Lipinski definition) is 3. The van der Waals surface area contributed by atoms with Crippen molar-refractivity contribution in [3.05, 3.63) is 29.3 Å². The van der Waals surface area contributed by atoms with Gasteiger partial charge in [-0.25, -0.2) is 5.01 Å². The van der Waals surface area contributed by atoms with Gasteiger partial charge in [-0.05, 0) is 31.4 Å². The van der Waals surface area contributed by atoms with Gasteiger partial charge in [-0.1, -0.05) is 23.7 Å². The highest BCUT2D eigenvalue weighted by molar-refractivity contribution is 7.80. The van der Waals surface area contributed by atoms with Gasteiger partial charge >= 0.3 is 0 Å². The van der Waals surface area contributed by atoms with Gasteiger partial charge in [0.2, 0.25) is 0 Å². The van der Waals surface area contributed by atoms with E-state index in [9.17, 15) is 0 Å². The molecule has 0 saturated carbocycles. The van der Waals surface area contributed by atoms with E-state index in [1.807, 2.05) is 24.3 Å². The van der Waals surface area contributed by atoms with Crippen LogP contribution in [0.25, 0.3) is 0 Å². The number of nitrogens with zero attached hydrogens (tertiary/aromatic N) is 2. The number of likely N-dealkylation sites (N-methyl/N-ethyl adjacent to an activating group) is 1. The Morgan fingerprint density at radius 1 is 1.22 bits per heavy atom. The summed E-state index contributed by atoms with van der Waals surface area (Å²) in [5.74, 6) is 0. The Balaban J connectivity index is 1.84. The van der Waals surface area contributed by atoms with Crippen LogP contribution in [0.5, 0.6) is 0 Å². The highest BCUT2D eigenvalue weighted by atomic mass is 35.5. The normalized spacial score (nSPS) is 17.4. The van der Waals surface area contributed by atoms with E-state index < -0.39 is 0 Å². The molecule has 0 radical (unpaired) electrons. The molecule has 0 amide bonds. The van der Waals surface area contributed by atoms with E-state index in [1.165, 1.54) is 0 Å². The Labute approximate surface area is 118 Å². The van der Waals surface area contributed by atoms with Crippen molar-refractivity contribution in [2.45, 2.75) is 0 Å². The Morgan fingerprint density at radius 2 is 1.89 bits per heavy atom. The Morgan fingerprint density at radius 3 is 2.56 bits per heavy atom. The fourth-order valence-electron chi connectivity index (χ4n) is 1.77. The number of hydrazine groups is 1. The number of rotatable bonds is 2. The van der Waals surface area contributed by atoms with Gasteiger partial charge in [0.05, 0.1) is 10.7 Å². The van der Waals surface area contributed by atoms with Gasteiger partial charge in [-0.2, -0.15) is 0 Å². The van der Waals surface area contributed by atoms with Crippen LogP contribution in [-0.4, -0.2) is 48.2 Å². The summed E-state index contributed by atoms with van der Waals surface area (Å²) in [7, 11) is 2.12. The standard InChI is InChI=1S/C12H17ClN4S/c1-16-6-8-17(9-7-16)15-12(18)14-11-5-3-2-4-10(11)13/h2-5H,6-9H2,1H3,(H2,14,15,18). The van der Waals surface area contributed by atoms with Crippen LogP contribution < -0.4 is 10.7 Å². The number of hydrogen-bond donors (Lipinski definition) is 2. The van der Waals surface area contributed by atoms with Crippen molar-refractivity contribution in [2.75, 3.05) is 38.5 Å². The Hall–Kier alpha value is -0.880. The summed E-state index contributed by atoms with van der Waals surface area (Å²) in [6.07, 6.45) is 0. The number of anilines is 1. The van der Waals surface area contributed by atoms with Crippen LogP contribution in [0.15, 0.2) is 24.3 Å². The maximum Gasteiger partial charge on any atom is 0.185 e. The van der Waals surface area contributed by atoms with Gasteiger partial charge in [-0.15, -0.1) is 0 Å². The summed E-state index contributed by atoms with van der Waals surface area (Å²) in [6.45, 7) is 4.01. The van der Waals surface area contributed by atoms with Crippen molar-refractivity contribution in [1.29, 1.82) is 0 Å². The lowest BCUT2D eigenvalue weighted by molar-refractivity contribution is 0.131. The fraction of sp³-hybridized carbons (Fsp3) is 0.417. The average molecular weight is 285 g/mol. The van der Waals surface area contributed by atoms with Crippen LogP contribution in [0, 0.1) is 0 Å². The molecule has 0 bridgehead atoms. The molecule has 1 saturated heterocycles. The van der Waals surface area contributed by atoms with Crippen LogP contribution >= 0.6 is 23.8 Å². The summed E-state index contributed by atoms with van der Waals surface area (Å²) < 4.78 is 0. The molecule has 18 heavy (non-hydrogen) atoms. The summed E-state index contributed by atoms with van der Waals surface area (Å²) in [6, 6.07) is 7.56. The van der Waals surface area contributed by atoms with Gasteiger partial charge in [0, 0.05) is 26.2 Å². The van der Waals surface area contributed by atoms with Crippen LogP contribution in [0.2, 0.25) is 5.02 Å². The highest BCUT2D eigenvalue weighted by Gasteiger charge is 2.14. The van der Waals surface area contributed by atoms with Crippen molar-refractivity contribution in [3.63, 3.8) is 0 Å². The minimum atomic E-state index is 0.577. The van der Waals surface area contributed by atoms with E-state index >= 15 is 0 Å². The molecule has 4 nitrogen and oxygen atoms in total. The number of para-hydroxylation sites is 1. The van der Waals surface area contributed by atoms with Gasteiger partial charge < -0.3 is 10.2 Å². The van der Waals surface area contributed by atoms with E-state index in [-0.39, 0.29) is 0 Å². The maximum atomic E-state index is 6.06. The van der Waals surface area contributed by atoms with E-state index in [0.717, 1.165) is 31.9 Å². The summed E-state index contributed by atoms with van der Waals surface area (Å²) in [5, 5.41) is 6.46. The zero-order valence-corrected chi connectivity index (χ0v) is 11.9. The number of halogens is 1. The summed E-state index contributed by atoms with van der Waals surface area (Å²) >= 11 is 11.3. The first-order chi connectivity index (χ1) is 8.65. The second-order valence-corrected chi connectivity index (χ2v) is 5.15. The predicted molar refractivity (Wildman–Crippen MR) is 79.9 cm³/mol. The first kappa shape index (κ1) is 13.5. The van der Waals surface area contributed by atoms with Gasteiger partial charge in [0.1, 0.15) is 0 Å². The van der Waals surface area contributed by atoms with E-state index in [1.54, 1.807) is 0 Å². The third-order valence-corrected chi connectivity index (χ3v) is 3.41. The number of thiocarbonyl (C=S) groups is 1. The molecule has 6 heteroatoms. The van der Waals surface area contributed by atoms with E-state index in [0.29, 0.717) is 10.1 Å². The molecule has 1 fully saturated rings. The van der Waals surface area contributed by atoms with Crippen LogP contribution in [-0.2, 0) is 0 Å². The van der Waals surface area contributed by atoms with Crippen molar-refractivity contribution >= 4 is 34.6 Å². The van der Waals surface area contributed by atoms with Crippen molar-refractivity contribution in [2.24, 2.45) is 0 Å². The molecule has 0 atom stereocenters. The Bertz CT molecular complexity index is 418. The lowest BCUT2D eigenvalue weighted by Gasteiger charge is -2.33. The van der Waals surface area contributed by atoms with Crippen molar-refractivity contribution < 1.29 is 0 Å². The average Bonchev–Trinajstić information content (AvgIpc) is 2.35. The summed E-state index contributed by atoms with van der Waals surface area (Å²) in [4.78, 5) is 2.29. The second-order valence-electron chi connectivity index (χ2n) is 4.34. The van der Waals surface area contributed by atoms with Crippen molar-refractivity contribution in [1.82, 2.24) is 15.3 Å². The first-order valence-corrected chi connectivity index (χ1v) is 6.69. The highest BCUT2D eigenvalue weighted by Crippen LogP contribution is 2.20. The number of benzene rings is 1. The smallest absolute Gasteiger partial charge is 0.185 e. The van der Waals surface area contributed by atoms with Gasteiger partial charge in [0.25, 0.3) is 0 Å². The minimum Gasteiger partial charge on any atom is -0.330 e. The molecule has 0 spiro atoms. The monoisotopic (exact) mass is 284 g/mol. The molecular weight excluding hydrogens is 268 g/mol. The topological polar surface area (TPSA) is 30.5 Å². The maximum absolute atomic E-state index is 6.06. The zero-order chi connectivity index (χ0) is 13.0. The third kappa shape index (κ3) is 3.81. The van der Waals surface area contributed by atoms with E-state index in [4.69, 9.17) is 23.8 Å². The molecule has 1 aliphatic rings. The van der Waals surface area contributed by atoms with Gasteiger partial charge in [0.15, 0.2) is 5.11 Å². The third-order valence-electron chi connectivity index (χ3n) is 2.88. The minimum absolute atomic E-state index is 0.577. The molecule has 0 aromatic heterocycles. The molecule has 0 unspecified atom stereocenters. The molecule has 2 N–H and O–H groups in total. The molecule has 1 aromatic rings. The largest absolute Gasteiger partial charge is 0.330 e. The molecular formula is C12H17ClN4S. The molecule has 0 aliphatic carbocycles. The quantitative estimate of drug-likeness (QED) is 0.809. The van der Waals surface area contributed by atoms with Gasteiger partial charge in [-0.3, -0.25) is 5.43 Å².